The Balaban J connectivity index is 2.09. The van der Waals surface area contributed by atoms with E-state index in [1.807, 2.05) is 0 Å². The summed E-state index contributed by atoms with van der Waals surface area (Å²) in [6.07, 6.45) is -0.313. The van der Waals surface area contributed by atoms with Crippen molar-refractivity contribution in [3.8, 4) is 0 Å². The van der Waals surface area contributed by atoms with Crippen molar-refractivity contribution in [2.45, 2.75) is 6.10 Å². The number of aliphatic hydroxyl groups excluding tert-OH is 1. The quantitative estimate of drug-likeness (QED) is 0.786. The molecule has 6 heteroatoms. The van der Waals surface area contributed by atoms with Crippen molar-refractivity contribution in [3.63, 3.8) is 0 Å². The van der Waals surface area contributed by atoms with Gasteiger partial charge in [0, 0.05) is 13.1 Å². The number of carbonyl (C=O) groups excluding carboxylic acids is 1. The van der Waals surface area contributed by atoms with Crippen molar-refractivity contribution in [1.29, 1.82) is 0 Å². The van der Waals surface area contributed by atoms with E-state index in [0.717, 1.165) is 0 Å². The highest BCUT2D eigenvalue weighted by molar-refractivity contribution is 6.29. The van der Waals surface area contributed by atoms with E-state index in [0.29, 0.717) is 30.5 Å². The maximum atomic E-state index is 12.1. The molecule has 1 aromatic rings. The zero-order valence-corrected chi connectivity index (χ0v) is 9.93. The normalized spacial score (nSPS) is 20.4. The minimum absolute atomic E-state index is 0.0905. The first kappa shape index (κ1) is 12.3. The van der Waals surface area contributed by atoms with Crippen LogP contribution in [0.1, 0.15) is 10.5 Å². The van der Waals surface area contributed by atoms with Crippen molar-refractivity contribution in [2.75, 3.05) is 26.3 Å². The number of rotatable bonds is 2. The van der Waals surface area contributed by atoms with E-state index in [9.17, 15) is 4.79 Å². The number of amides is 1. The second-order valence-corrected chi connectivity index (χ2v) is 4.16. The lowest BCUT2D eigenvalue weighted by Gasteiger charge is -2.31. The van der Waals surface area contributed by atoms with Crippen LogP contribution >= 0.6 is 11.6 Å². The van der Waals surface area contributed by atoms with E-state index < -0.39 is 0 Å². The summed E-state index contributed by atoms with van der Waals surface area (Å²) in [6, 6.07) is 4.93. The summed E-state index contributed by atoms with van der Waals surface area (Å²) in [5, 5.41) is 9.30. The maximum Gasteiger partial charge on any atom is 0.272 e. The third-order valence-corrected chi connectivity index (χ3v) is 2.77. The number of halogens is 1. The molecule has 0 aromatic carbocycles. The molecule has 17 heavy (non-hydrogen) atoms. The topological polar surface area (TPSA) is 62.7 Å². The van der Waals surface area contributed by atoms with Crippen LogP contribution in [0.3, 0.4) is 0 Å². The predicted molar refractivity (Wildman–Crippen MR) is 62.0 cm³/mol. The number of pyridine rings is 1. The summed E-state index contributed by atoms with van der Waals surface area (Å²) in [4.78, 5) is 17.7. The number of carbonyl (C=O) groups is 1. The Labute approximate surface area is 104 Å². The zero-order chi connectivity index (χ0) is 12.3. The summed E-state index contributed by atoms with van der Waals surface area (Å²) in [5.74, 6) is -0.186. The van der Waals surface area contributed by atoms with Gasteiger partial charge in [-0.25, -0.2) is 4.98 Å². The van der Waals surface area contributed by atoms with E-state index in [4.69, 9.17) is 21.4 Å². The predicted octanol–water partition coefficient (Wildman–Crippen LogP) is 0.568. The number of aromatic nitrogens is 1. The lowest BCUT2D eigenvalue weighted by molar-refractivity contribution is -0.0448. The van der Waals surface area contributed by atoms with Gasteiger partial charge < -0.3 is 14.7 Å². The Morgan fingerprint density at radius 2 is 2.47 bits per heavy atom. The second kappa shape index (κ2) is 5.44. The number of aliphatic hydroxyl groups is 1. The van der Waals surface area contributed by atoms with Gasteiger partial charge in [0.15, 0.2) is 0 Å². The summed E-state index contributed by atoms with van der Waals surface area (Å²) < 4.78 is 5.28. The molecule has 1 aliphatic rings. The molecule has 1 N–H and O–H groups in total. The smallest absolute Gasteiger partial charge is 0.272 e. The number of hydrogen-bond donors (Lipinski definition) is 1. The average molecular weight is 257 g/mol. The first-order valence-corrected chi connectivity index (χ1v) is 5.73. The Kier molecular flexibility index (Phi) is 3.93. The molecule has 1 atom stereocenters. The first-order chi connectivity index (χ1) is 8.20. The van der Waals surface area contributed by atoms with Crippen molar-refractivity contribution in [2.24, 2.45) is 0 Å². The van der Waals surface area contributed by atoms with E-state index >= 15 is 0 Å². The number of nitrogens with zero attached hydrogens (tertiary/aromatic N) is 2. The monoisotopic (exact) mass is 256 g/mol. The molecule has 1 aliphatic heterocycles. The molecular weight excluding hydrogens is 244 g/mol. The molecule has 1 amide bonds. The summed E-state index contributed by atoms with van der Waals surface area (Å²) in [5.41, 5.74) is 0.316. The fourth-order valence-corrected chi connectivity index (χ4v) is 1.87. The Morgan fingerprint density at radius 1 is 1.65 bits per heavy atom. The molecule has 0 saturated carbocycles. The van der Waals surface area contributed by atoms with Crippen LogP contribution in [0.25, 0.3) is 0 Å². The highest BCUT2D eigenvalue weighted by Crippen LogP contribution is 2.11. The van der Waals surface area contributed by atoms with E-state index in [2.05, 4.69) is 4.98 Å². The van der Waals surface area contributed by atoms with Crippen LogP contribution < -0.4 is 0 Å². The zero-order valence-electron chi connectivity index (χ0n) is 9.17. The fraction of sp³-hybridized carbons (Fsp3) is 0.455. The Hall–Kier alpha value is -1.17. The number of ether oxygens (including phenoxy) is 1. The molecule has 92 valence electrons. The van der Waals surface area contributed by atoms with Gasteiger partial charge in [-0.15, -0.1) is 0 Å². The van der Waals surface area contributed by atoms with E-state index in [-0.39, 0.29) is 18.6 Å². The highest BCUT2D eigenvalue weighted by Gasteiger charge is 2.25. The molecular formula is C11H13ClN2O3. The Bertz CT molecular complexity index is 413. The number of hydrogen-bond acceptors (Lipinski definition) is 4. The van der Waals surface area contributed by atoms with E-state index in [1.165, 1.54) is 0 Å². The molecule has 2 heterocycles. The van der Waals surface area contributed by atoms with Gasteiger partial charge in [-0.1, -0.05) is 17.7 Å². The van der Waals surface area contributed by atoms with Crippen molar-refractivity contribution >= 4 is 17.5 Å². The number of morpholine rings is 1. The van der Waals surface area contributed by atoms with Crippen LogP contribution in [0.4, 0.5) is 0 Å². The van der Waals surface area contributed by atoms with Gasteiger partial charge in [-0.2, -0.15) is 0 Å². The maximum absolute atomic E-state index is 12.1. The SMILES string of the molecule is O=C(c1cccc(Cl)n1)N1CCOC(CO)C1. The molecule has 1 fully saturated rings. The summed E-state index contributed by atoms with van der Waals surface area (Å²) >= 11 is 5.74. The van der Waals surface area contributed by atoms with Crippen molar-refractivity contribution in [3.05, 3.63) is 29.0 Å². The van der Waals surface area contributed by atoms with Crippen molar-refractivity contribution < 1.29 is 14.6 Å². The van der Waals surface area contributed by atoms with Crippen LogP contribution in [-0.2, 0) is 4.74 Å². The van der Waals surface area contributed by atoms with Crippen LogP contribution in [0.5, 0.6) is 0 Å². The third kappa shape index (κ3) is 2.94. The summed E-state index contributed by atoms with van der Waals surface area (Å²) in [6.45, 7) is 1.22. The average Bonchev–Trinajstić information content (AvgIpc) is 2.38. The third-order valence-electron chi connectivity index (χ3n) is 2.56. The van der Waals surface area contributed by atoms with Gasteiger partial charge in [0.25, 0.3) is 5.91 Å². The Morgan fingerprint density at radius 3 is 3.18 bits per heavy atom. The molecule has 2 rings (SSSR count). The highest BCUT2D eigenvalue weighted by atomic mass is 35.5. The van der Waals surface area contributed by atoms with Crippen LogP contribution in [0, 0.1) is 0 Å². The van der Waals surface area contributed by atoms with Gasteiger partial charge >= 0.3 is 0 Å². The van der Waals surface area contributed by atoms with Crippen LogP contribution in [0.2, 0.25) is 5.15 Å². The molecule has 1 unspecified atom stereocenters. The van der Waals surface area contributed by atoms with Gasteiger partial charge in [-0.3, -0.25) is 4.79 Å². The molecule has 0 spiro atoms. The molecule has 0 bridgehead atoms. The first-order valence-electron chi connectivity index (χ1n) is 5.35. The second-order valence-electron chi connectivity index (χ2n) is 3.77. The standard InChI is InChI=1S/C11H13ClN2O3/c12-10-3-1-2-9(13-10)11(16)14-4-5-17-8(6-14)7-15/h1-3,8,15H,4-7H2. The lowest BCUT2D eigenvalue weighted by atomic mass is 10.2. The molecule has 0 aliphatic carbocycles. The van der Waals surface area contributed by atoms with E-state index in [1.54, 1.807) is 23.1 Å². The van der Waals surface area contributed by atoms with Crippen LogP contribution in [0.15, 0.2) is 18.2 Å². The molecule has 0 radical (unpaired) electrons. The lowest BCUT2D eigenvalue weighted by Crippen LogP contribution is -2.47. The largest absolute Gasteiger partial charge is 0.394 e. The molecule has 1 saturated heterocycles. The minimum atomic E-state index is -0.313. The van der Waals surface area contributed by atoms with Gasteiger partial charge in [0.1, 0.15) is 10.8 Å². The summed E-state index contributed by atoms with van der Waals surface area (Å²) in [7, 11) is 0. The van der Waals surface area contributed by atoms with Crippen LogP contribution in [-0.4, -0.2) is 53.3 Å². The minimum Gasteiger partial charge on any atom is -0.394 e. The van der Waals surface area contributed by atoms with Gasteiger partial charge in [-0.05, 0) is 12.1 Å². The fourth-order valence-electron chi connectivity index (χ4n) is 1.70. The van der Waals surface area contributed by atoms with Crippen molar-refractivity contribution in [1.82, 2.24) is 9.88 Å². The molecule has 5 nitrogen and oxygen atoms in total. The van der Waals surface area contributed by atoms with Gasteiger partial charge in [0.2, 0.25) is 0 Å². The van der Waals surface area contributed by atoms with Gasteiger partial charge in [0.05, 0.1) is 19.3 Å². The molecule has 1 aromatic heterocycles.